The van der Waals surface area contributed by atoms with Crippen molar-refractivity contribution in [3.8, 4) is 10.6 Å². The lowest BCUT2D eigenvalue weighted by atomic mass is 10.2. The van der Waals surface area contributed by atoms with Crippen LogP contribution in [0.25, 0.3) is 10.6 Å². The van der Waals surface area contributed by atoms with Crippen molar-refractivity contribution in [2.75, 3.05) is 6.54 Å². The number of nitrogens with zero attached hydrogens (tertiary/aromatic N) is 2. The van der Waals surface area contributed by atoms with Crippen LogP contribution in [0.2, 0.25) is 0 Å². The molecule has 29 heavy (non-hydrogen) atoms. The second-order valence-corrected chi connectivity index (χ2v) is 11.0. The van der Waals surface area contributed by atoms with Gasteiger partial charge in [0.05, 0.1) is 9.77 Å². The van der Waals surface area contributed by atoms with Crippen molar-refractivity contribution < 1.29 is 16.8 Å². The van der Waals surface area contributed by atoms with Crippen LogP contribution >= 0.6 is 11.3 Å². The monoisotopic (exact) mass is 454 g/mol. The second-order valence-electron chi connectivity index (χ2n) is 6.73. The first kappa shape index (κ1) is 21.7. The zero-order chi connectivity index (χ0) is 21.2. The van der Waals surface area contributed by atoms with Gasteiger partial charge in [0.1, 0.15) is 10.6 Å². The lowest BCUT2D eigenvalue weighted by Crippen LogP contribution is -2.26. The van der Waals surface area contributed by atoms with Gasteiger partial charge >= 0.3 is 0 Å². The molecule has 0 radical (unpaired) electrons. The summed E-state index contributed by atoms with van der Waals surface area (Å²) < 4.78 is 52.7. The van der Waals surface area contributed by atoms with E-state index >= 15 is 0 Å². The SMILES string of the molecule is CC(C)n1cc(S(=O)(=O)NCCc2ccc(S(N)(=O)=O)cc2)c(-c2cccs2)n1. The first-order chi connectivity index (χ1) is 13.6. The van der Waals surface area contributed by atoms with E-state index in [0.29, 0.717) is 12.1 Å². The number of hydrogen-bond acceptors (Lipinski definition) is 6. The summed E-state index contributed by atoms with van der Waals surface area (Å²) in [6, 6.07) is 9.74. The minimum Gasteiger partial charge on any atom is -0.268 e. The third-order valence-corrected chi connectivity index (χ3v) is 7.50. The molecule has 0 saturated carbocycles. The van der Waals surface area contributed by atoms with E-state index in [1.54, 1.807) is 23.0 Å². The Balaban J connectivity index is 1.76. The van der Waals surface area contributed by atoms with Gasteiger partial charge in [-0.15, -0.1) is 11.3 Å². The van der Waals surface area contributed by atoms with Crippen molar-refractivity contribution in [1.82, 2.24) is 14.5 Å². The van der Waals surface area contributed by atoms with E-state index in [4.69, 9.17) is 5.14 Å². The number of hydrogen-bond donors (Lipinski definition) is 2. The molecule has 11 heteroatoms. The van der Waals surface area contributed by atoms with Crippen molar-refractivity contribution in [3.63, 3.8) is 0 Å². The number of nitrogens with two attached hydrogens (primary N) is 1. The number of thiophene rings is 1. The summed E-state index contributed by atoms with van der Waals surface area (Å²) in [5.41, 5.74) is 1.22. The highest BCUT2D eigenvalue weighted by Crippen LogP contribution is 2.30. The lowest BCUT2D eigenvalue weighted by Gasteiger charge is -2.07. The van der Waals surface area contributed by atoms with Gasteiger partial charge in [-0.25, -0.2) is 26.7 Å². The fraction of sp³-hybridized carbons (Fsp3) is 0.278. The number of rotatable bonds is 8. The van der Waals surface area contributed by atoms with Gasteiger partial charge < -0.3 is 0 Å². The molecule has 0 aliphatic carbocycles. The third kappa shape index (κ3) is 5.11. The van der Waals surface area contributed by atoms with E-state index in [9.17, 15) is 16.8 Å². The maximum absolute atomic E-state index is 12.9. The standard InChI is InChI=1S/C18H22N4O4S3/c1-13(2)22-12-17(18(21-22)16-4-3-11-27-16)29(25,26)20-10-9-14-5-7-15(8-6-14)28(19,23)24/h3-8,11-13,20H,9-10H2,1-2H3,(H2,19,23,24). The maximum atomic E-state index is 12.9. The molecular formula is C18H22N4O4S3. The van der Waals surface area contributed by atoms with Gasteiger partial charge in [-0.05, 0) is 49.4 Å². The van der Waals surface area contributed by atoms with Gasteiger partial charge in [0, 0.05) is 18.8 Å². The predicted octanol–water partition coefficient (Wildman–Crippen LogP) is 2.36. The molecule has 0 saturated heterocycles. The molecule has 0 amide bonds. The van der Waals surface area contributed by atoms with Gasteiger partial charge in [0.2, 0.25) is 20.0 Å². The molecular weight excluding hydrogens is 432 g/mol. The fourth-order valence-electron chi connectivity index (χ4n) is 2.67. The molecule has 3 N–H and O–H groups in total. The van der Waals surface area contributed by atoms with Gasteiger partial charge in [-0.3, -0.25) is 4.68 Å². The second kappa shape index (κ2) is 8.36. The Bertz CT molecular complexity index is 1180. The van der Waals surface area contributed by atoms with Crippen molar-refractivity contribution in [2.45, 2.75) is 36.1 Å². The summed E-state index contributed by atoms with van der Waals surface area (Å²) in [5.74, 6) is 0. The quantitative estimate of drug-likeness (QED) is 0.541. The Morgan fingerprint density at radius 1 is 1.14 bits per heavy atom. The number of nitrogens with one attached hydrogen (secondary N) is 1. The highest BCUT2D eigenvalue weighted by molar-refractivity contribution is 7.89. The molecule has 0 aliphatic rings. The molecule has 0 atom stereocenters. The molecule has 8 nitrogen and oxygen atoms in total. The molecule has 0 fully saturated rings. The van der Waals surface area contributed by atoms with Crippen LogP contribution in [-0.2, 0) is 26.5 Å². The Hall–Kier alpha value is -2.05. The minimum absolute atomic E-state index is 0.0171. The van der Waals surface area contributed by atoms with Gasteiger partial charge in [-0.1, -0.05) is 18.2 Å². The zero-order valence-electron chi connectivity index (χ0n) is 15.9. The average molecular weight is 455 g/mol. The van der Waals surface area contributed by atoms with Crippen molar-refractivity contribution >= 4 is 31.4 Å². The largest absolute Gasteiger partial charge is 0.268 e. The molecule has 0 aliphatic heterocycles. The van der Waals surface area contributed by atoms with Crippen LogP contribution in [0.15, 0.2) is 57.8 Å². The van der Waals surface area contributed by atoms with Gasteiger partial charge in [0.15, 0.2) is 0 Å². The van der Waals surface area contributed by atoms with E-state index in [-0.39, 0.29) is 22.4 Å². The number of benzene rings is 1. The summed E-state index contributed by atoms with van der Waals surface area (Å²) in [5, 5.41) is 11.4. The maximum Gasteiger partial charge on any atom is 0.244 e. The molecule has 0 bridgehead atoms. The molecule has 0 unspecified atom stereocenters. The van der Waals surface area contributed by atoms with E-state index in [1.165, 1.54) is 23.5 Å². The summed E-state index contributed by atoms with van der Waals surface area (Å²) in [6.07, 6.45) is 1.94. The van der Waals surface area contributed by atoms with Crippen LogP contribution in [-0.4, -0.2) is 33.2 Å². The van der Waals surface area contributed by atoms with Crippen LogP contribution < -0.4 is 9.86 Å². The van der Waals surface area contributed by atoms with E-state index in [2.05, 4.69) is 9.82 Å². The normalized spacial score (nSPS) is 12.6. The Morgan fingerprint density at radius 2 is 1.83 bits per heavy atom. The molecule has 0 spiro atoms. The predicted molar refractivity (Wildman–Crippen MR) is 113 cm³/mol. The van der Waals surface area contributed by atoms with Crippen LogP contribution in [0.4, 0.5) is 0 Å². The number of sulfonamides is 2. The highest BCUT2D eigenvalue weighted by Gasteiger charge is 2.24. The van der Waals surface area contributed by atoms with Crippen molar-refractivity contribution in [1.29, 1.82) is 0 Å². The van der Waals surface area contributed by atoms with E-state index < -0.39 is 20.0 Å². The molecule has 1 aromatic carbocycles. The zero-order valence-corrected chi connectivity index (χ0v) is 18.4. The summed E-state index contributed by atoms with van der Waals surface area (Å²) in [4.78, 5) is 0.935. The molecule has 156 valence electrons. The van der Waals surface area contributed by atoms with Gasteiger partial charge in [-0.2, -0.15) is 5.10 Å². The Morgan fingerprint density at radius 3 is 2.38 bits per heavy atom. The molecule has 3 rings (SSSR count). The van der Waals surface area contributed by atoms with Crippen LogP contribution in [0, 0.1) is 0 Å². The average Bonchev–Trinajstić information content (AvgIpc) is 3.31. The first-order valence-electron chi connectivity index (χ1n) is 8.82. The Kier molecular flexibility index (Phi) is 6.24. The van der Waals surface area contributed by atoms with Crippen LogP contribution in [0.5, 0.6) is 0 Å². The van der Waals surface area contributed by atoms with Crippen LogP contribution in [0.1, 0.15) is 25.5 Å². The Labute approximate surface area is 174 Å². The van der Waals surface area contributed by atoms with Gasteiger partial charge in [0.25, 0.3) is 0 Å². The van der Waals surface area contributed by atoms with E-state index in [0.717, 1.165) is 10.4 Å². The highest BCUT2D eigenvalue weighted by atomic mass is 32.2. The summed E-state index contributed by atoms with van der Waals surface area (Å²) in [6.45, 7) is 4.02. The van der Waals surface area contributed by atoms with Crippen molar-refractivity contribution in [3.05, 3.63) is 53.5 Å². The lowest BCUT2D eigenvalue weighted by molar-refractivity contribution is 0.532. The topological polar surface area (TPSA) is 124 Å². The smallest absolute Gasteiger partial charge is 0.244 e. The molecule has 2 aromatic heterocycles. The number of aromatic nitrogens is 2. The minimum atomic E-state index is -3.77. The van der Waals surface area contributed by atoms with E-state index in [1.807, 2.05) is 31.4 Å². The third-order valence-electron chi connectivity index (χ3n) is 4.23. The summed E-state index contributed by atoms with van der Waals surface area (Å²) >= 11 is 1.43. The number of primary sulfonamides is 1. The van der Waals surface area contributed by atoms with Crippen molar-refractivity contribution in [2.24, 2.45) is 5.14 Å². The fourth-order valence-corrected chi connectivity index (χ4v) is 5.16. The molecule has 2 heterocycles. The van der Waals surface area contributed by atoms with Crippen LogP contribution in [0.3, 0.4) is 0 Å². The molecule has 3 aromatic rings. The first-order valence-corrected chi connectivity index (χ1v) is 12.7. The summed E-state index contributed by atoms with van der Waals surface area (Å²) in [7, 11) is -7.52.